The number of hydrogen-bond acceptors (Lipinski definition) is 10. The predicted octanol–water partition coefficient (Wildman–Crippen LogP) is 7.38. The van der Waals surface area contributed by atoms with Gasteiger partial charge >= 0.3 is 11.9 Å². The first kappa shape index (κ1) is 46.2. The summed E-state index contributed by atoms with van der Waals surface area (Å²) in [6.45, 7) is 3.28. The second-order valence-corrected chi connectivity index (χ2v) is 13.8. The Balaban J connectivity index is 2.44. The van der Waals surface area contributed by atoms with Crippen LogP contribution in [0.15, 0.2) is 24.3 Å². The van der Waals surface area contributed by atoms with Crippen molar-refractivity contribution in [3.8, 4) is 0 Å². The van der Waals surface area contributed by atoms with Gasteiger partial charge in [0, 0.05) is 12.5 Å². The molecule has 0 radical (unpaired) electrons. The lowest BCUT2D eigenvalue weighted by Gasteiger charge is -2.39. The second kappa shape index (κ2) is 31.9. The number of ether oxygens (including phenoxy) is 4. The Kier molecular flexibility index (Phi) is 29.5. The molecule has 10 nitrogen and oxygen atoms in total. The topological polar surface area (TPSA) is 152 Å². The molecule has 1 aliphatic heterocycles. The van der Waals surface area contributed by atoms with Gasteiger partial charge in [-0.25, -0.2) is 4.79 Å². The summed E-state index contributed by atoms with van der Waals surface area (Å²) in [4.78, 5) is 25.0. The van der Waals surface area contributed by atoms with E-state index in [4.69, 9.17) is 18.9 Å². The fraction of sp³-hybridized carbons (Fsp3) is 0.850. The fourth-order valence-corrected chi connectivity index (χ4v) is 5.98. The van der Waals surface area contributed by atoms with Gasteiger partial charge in [0.2, 0.25) is 0 Å². The molecule has 0 saturated carbocycles. The molecule has 6 atom stereocenters. The second-order valence-electron chi connectivity index (χ2n) is 13.8. The summed E-state index contributed by atoms with van der Waals surface area (Å²) in [7, 11) is 0. The minimum atomic E-state index is -1.61. The smallest absolute Gasteiger partial charge is 0.331 e. The first-order valence-electron chi connectivity index (χ1n) is 20.0. The van der Waals surface area contributed by atoms with Crippen LogP contribution in [0.1, 0.15) is 162 Å². The Morgan fingerprint density at radius 3 is 1.72 bits per heavy atom. The van der Waals surface area contributed by atoms with Crippen LogP contribution in [0.2, 0.25) is 0 Å². The maximum atomic E-state index is 12.6. The highest BCUT2D eigenvalue weighted by molar-refractivity contribution is 5.82. The molecule has 1 heterocycles. The van der Waals surface area contributed by atoms with E-state index in [1.54, 1.807) is 6.08 Å². The van der Waals surface area contributed by atoms with E-state index in [0.717, 1.165) is 38.5 Å². The number of allylic oxidation sites excluding steroid dienone is 3. The zero-order chi connectivity index (χ0) is 36.7. The van der Waals surface area contributed by atoms with Crippen molar-refractivity contribution in [2.45, 2.75) is 198 Å². The van der Waals surface area contributed by atoms with Gasteiger partial charge in [-0.3, -0.25) is 4.79 Å². The van der Waals surface area contributed by atoms with Gasteiger partial charge in [-0.1, -0.05) is 154 Å². The molecule has 0 aromatic rings. The van der Waals surface area contributed by atoms with E-state index in [0.29, 0.717) is 0 Å². The van der Waals surface area contributed by atoms with Crippen LogP contribution >= 0.6 is 0 Å². The molecule has 1 saturated heterocycles. The summed E-state index contributed by atoms with van der Waals surface area (Å²) >= 11 is 0. The molecule has 0 spiro atoms. The SMILES string of the molecule is CCCCCCCCCCCCC/C=C/C=C/C(=O)O[C@H](COC(=O)CCCCCCCCCCCC)CO[C@@H]1O[C@H](CO)[C@H](O)C(O)C1O. The standard InChI is InChI=1S/C40H72O10/c1-3-5-7-9-11-13-15-16-17-18-19-21-23-25-27-29-36(43)49-33(32-48-40-39(46)38(45)37(44)34(30-41)50-40)31-47-35(42)28-26-24-22-20-14-12-10-8-6-4-2/h23,25,27,29,33-34,37-41,44-46H,3-22,24,26,28,30-32H2,1-2H3/b25-23+,29-27+/t33-,34-,37+,38?,39?,40-/m1/s1. The highest BCUT2D eigenvalue weighted by Crippen LogP contribution is 2.22. The summed E-state index contributed by atoms with van der Waals surface area (Å²) in [5.41, 5.74) is 0. The number of aliphatic hydroxyl groups is 4. The van der Waals surface area contributed by atoms with Crippen molar-refractivity contribution in [3.63, 3.8) is 0 Å². The first-order chi connectivity index (χ1) is 24.3. The maximum Gasteiger partial charge on any atom is 0.331 e. The lowest BCUT2D eigenvalue weighted by molar-refractivity contribution is -0.305. The number of hydrogen-bond donors (Lipinski definition) is 4. The van der Waals surface area contributed by atoms with E-state index < -0.39 is 55.4 Å². The normalized spacial score (nSPS) is 21.6. The zero-order valence-electron chi connectivity index (χ0n) is 31.4. The van der Waals surface area contributed by atoms with Crippen molar-refractivity contribution >= 4 is 11.9 Å². The molecule has 0 bridgehead atoms. The fourth-order valence-electron chi connectivity index (χ4n) is 5.98. The molecule has 0 aromatic carbocycles. The average molecular weight is 713 g/mol. The Morgan fingerprint density at radius 2 is 1.18 bits per heavy atom. The van der Waals surface area contributed by atoms with Gasteiger partial charge in [-0.05, 0) is 19.3 Å². The van der Waals surface area contributed by atoms with Crippen LogP contribution in [0.25, 0.3) is 0 Å². The Morgan fingerprint density at radius 1 is 0.660 bits per heavy atom. The largest absolute Gasteiger partial charge is 0.462 e. The number of carbonyl (C=O) groups is 2. The van der Waals surface area contributed by atoms with E-state index in [1.807, 2.05) is 12.2 Å². The summed E-state index contributed by atoms with van der Waals surface area (Å²) < 4.78 is 21.9. The molecular formula is C40H72O10. The molecule has 50 heavy (non-hydrogen) atoms. The minimum absolute atomic E-state index is 0.258. The van der Waals surface area contributed by atoms with Crippen LogP contribution in [0.5, 0.6) is 0 Å². The minimum Gasteiger partial charge on any atom is -0.462 e. The summed E-state index contributed by atoms with van der Waals surface area (Å²) in [6, 6.07) is 0. The number of rotatable bonds is 32. The molecule has 0 aromatic heterocycles. The number of carbonyl (C=O) groups excluding carboxylic acids is 2. The van der Waals surface area contributed by atoms with Gasteiger partial charge in [0.15, 0.2) is 12.4 Å². The van der Waals surface area contributed by atoms with Crippen molar-refractivity contribution in [2.24, 2.45) is 0 Å². The van der Waals surface area contributed by atoms with Crippen LogP contribution < -0.4 is 0 Å². The van der Waals surface area contributed by atoms with Crippen molar-refractivity contribution in [3.05, 3.63) is 24.3 Å². The molecule has 1 aliphatic rings. The first-order valence-corrected chi connectivity index (χ1v) is 20.0. The van der Waals surface area contributed by atoms with Gasteiger partial charge in [0.25, 0.3) is 0 Å². The van der Waals surface area contributed by atoms with E-state index in [2.05, 4.69) is 13.8 Å². The molecule has 0 aliphatic carbocycles. The van der Waals surface area contributed by atoms with Gasteiger partial charge in [-0.2, -0.15) is 0 Å². The number of esters is 2. The summed E-state index contributed by atoms with van der Waals surface area (Å²) in [6.07, 6.45) is 25.4. The van der Waals surface area contributed by atoms with E-state index >= 15 is 0 Å². The molecule has 0 amide bonds. The molecule has 2 unspecified atom stereocenters. The Hall–Kier alpha value is -1.82. The predicted molar refractivity (Wildman–Crippen MR) is 196 cm³/mol. The van der Waals surface area contributed by atoms with Gasteiger partial charge in [0.05, 0.1) is 13.2 Å². The molecule has 1 fully saturated rings. The highest BCUT2D eigenvalue weighted by atomic mass is 16.7. The van der Waals surface area contributed by atoms with Crippen LogP contribution in [0, 0.1) is 0 Å². The quantitative estimate of drug-likeness (QED) is 0.0241. The van der Waals surface area contributed by atoms with Crippen molar-refractivity contribution < 1.29 is 49.0 Å². The highest BCUT2D eigenvalue weighted by Gasteiger charge is 2.44. The maximum absolute atomic E-state index is 12.6. The average Bonchev–Trinajstić information content (AvgIpc) is 3.11. The molecule has 10 heteroatoms. The molecule has 4 N–H and O–H groups in total. The molecule has 292 valence electrons. The van der Waals surface area contributed by atoms with Crippen LogP contribution in [-0.2, 0) is 28.5 Å². The molecular weight excluding hydrogens is 640 g/mol. The van der Waals surface area contributed by atoms with Crippen LogP contribution in [-0.4, -0.2) is 89.0 Å². The Bertz CT molecular complexity index is 876. The third-order valence-corrected chi connectivity index (χ3v) is 9.20. The summed E-state index contributed by atoms with van der Waals surface area (Å²) in [5, 5.41) is 39.9. The number of aliphatic hydroxyl groups excluding tert-OH is 4. The van der Waals surface area contributed by atoms with Gasteiger partial charge in [0.1, 0.15) is 31.0 Å². The van der Waals surface area contributed by atoms with Crippen LogP contribution in [0.3, 0.4) is 0 Å². The van der Waals surface area contributed by atoms with E-state index in [1.165, 1.54) is 109 Å². The van der Waals surface area contributed by atoms with E-state index in [9.17, 15) is 30.0 Å². The monoisotopic (exact) mass is 713 g/mol. The molecule has 1 rings (SSSR count). The van der Waals surface area contributed by atoms with Crippen LogP contribution in [0.4, 0.5) is 0 Å². The number of unbranched alkanes of at least 4 members (excludes halogenated alkanes) is 20. The third-order valence-electron chi connectivity index (χ3n) is 9.20. The lowest BCUT2D eigenvalue weighted by atomic mass is 9.99. The van der Waals surface area contributed by atoms with Crippen molar-refractivity contribution in [1.82, 2.24) is 0 Å². The lowest BCUT2D eigenvalue weighted by Crippen LogP contribution is -2.59. The third kappa shape index (κ3) is 23.6. The summed E-state index contributed by atoms with van der Waals surface area (Å²) in [5.74, 6) is -1.06. The Labute approximate surface area is 303 Å². The van der Waals surface area contributed by atoms with Gasteiger partial charge < -0.3 is 39.4 Å². The van der Waals surface area contributed by atoms with Crippen molar-refractivity contribution in [1.29, 1.82) is 0 Å². The zero-order valence-corrected chi connectivity index (χ0v) is 31.4. The van der Waals surface area contributed by atoms with E-state index in [-0.39, 0.29) is 19.6 Å². The van der Waals surface area contributed by atoms with Gasteiger partial charge in [-0.15, -0.1) is 0 Å². The van der Waals surface area contributed by atoms with Crippen molar-refractivity contribution in [2.75, 3.05) is 19.8 Å².